The minimum atomic E-state index is -0.0168. The number of rotatable bonds is 2. The van der Waals surface area contributed by atoms with E-state index in [-0.39, 0.29) is 5.78 Å². The monoisotopic (exact) mass is 278 g/mol. The summed E-state index contributed by atoms with van der Waals surface area (Å²) in [6, 6.07) is 9.72. The molecule has 0 aliphatic heterocycles. The lowest BCUT2D eigenvalue weighted by atomic mass is 10.1. The first-order valence-corrected chi connectivity index (χ1v) is 5.68. The average molecular weight is 279 g/mol. The van der Waals surface area contributed by atoms with Crippen LogP contribution in [-0.2, 0) is 7.05 Å². The van der Waals surface area contributed by atoms with Gasteiger partial charge in [-0.2, -0.15) is 5.10 Å². The molecule has 1 aromatic heterocycles. The molecule has 4 heteroatoms. The fourth-order valence-corrected chi connectivity index (χ4v) is 1.96. The van der Waals surface area contributed by atoms with Crippen LogP contribution in [0.1, 0.15) is 17.4 Å². The molecule has 2 aromatic rings. The topological polar surface area (TPSA) is 34.9 Å². The van der Waals surface area contributed by atoms with Crippen LogP contribution in [0.25, 0.3) is 11.3 Å². The summed E-state index contributed by atoms with van der Waals surface area (Å²) >= 11 is 3.42. The van der Waals surface area contributed by atoms with Crippen molar-refractivity contribution in [2.45, 2.75) is 6.92 Å². The molecule has 0 N–H and O–H groups in total. The van der Waals surface area contributed by atoms with Gasteiger partial charge in [-0.3, -0.25) is 9.48 Å². The molecule has 82 valence electrons. The molecule has 16 heavy (non-hydrogen) atoms. The number of hydrogen-bond acceptors (Lipinski definition) is 2. The molecule has 1 aromatic carbocycles. The second-order valence-corrected chi connectivity index (χ2v) is 4.52. The molecule has 0 fully saturated rings. The fraction of sp³-hybridized carbons (Fsp3) is 0.167. The summed E-state index contributed by atoms with van der Waals surface area (Å²) in [5.74, 6) is -0.0168. The minimum absolute atomic E-state index is 0.0168. The van der Waals surface area contributed by atoms with Gasteiger partial charge in [-0.1, -0.05) is 28.1 Å². The zero-order chi connectivity index (χ0) is 11.7. The van der Waals surface area contributed by atoms with Crippen LogP contribution in [0.2, 0.25) is 0 Å². The van der Waals surface area contributed by atoms with Crippen LogP contribution < -0.4 is 0 Å². The Labute approximate surface area is 102 Å². The Morgan fingerprint density at radius 3 is 2.69 bits per heavy atom. The quantitative estimate of drug-likeness (QED) is 0.792. The van der Waals surface area contributed by atoms with Gasteiger partial charge in [-0.05, 0) is 18.2 Å². The Morgan fingerprint density at radius 1 is 1.38 bits per heavy atom. The van der Waals surface area contributed by atoms with E-state index in [0.717, 1.165) is 15.7 Å². The summed E-state index contributed by atoms with van der Waals surface area (Å²) in [4.78, 5) is 11.2. The fourth-order valence-electron chi connectivity index (χ4n) is 1.56. The van der Waals surface area contributed by atoms with Crippen molar-refractivity contribution >= 4 is 21.7 Å². The first-order valence-electron chi connectivity index (χ1n) is 4.89. The van der Waals surface area contributed by atoms with Crippen LogP contribution in [0.4, 0.5) is 0 Å². The van der Waals surface area contributed by atoms with Crippen LogP contribution in [0.5, 0.6) is 0 Å². The highest BCUT2D eigenvalue weighted by Gasteiger charge is 2.10. The molecule has 0 unspecified atom stereocenters. The van der Waals surface area contributed by atoms with Gasteiger partial charge in [0.05, 0.1) is 5.69 Å². The molecule has 1 heterocycles. The van der Waals surface area contributed by atoms with Gasteiger partial charge in [-0.25, -0.2) is 0 Å². The van der Waals surface area contributed by atoms with Crippen LogP contribution in [0, 0.1) is 0 Å². The van der Waals surface area contributed by atoms with Crippen molar-refractivity contribution in [1.29, 1.82) is 0 Å². The smallest absolute Gasteiger partial charge is 0.180 e. The van der Waals surface area contributed by atoms with E-state index < -0.39 is 0 Å². The van der Waals surface area contributed by atoms with Crippen molar-refractivity contribution in [1.82, 2.24) is 9.78 Å². The SMILES string of the molecule is CC(=O)c1cc(-c2cccc(Br)c2)n(C)n1. The van der Waals surface area contributed by atoms with E-state index >= 15 is 0 Å². The van der Waals surface area contributed by atoms with Crippen molar-refractivity contribution in [3.05, 3.63) is 40.5 Å². The van der Waals surface area contributed by atoms with E-state index in [9.17, 15) is 4.79 Å². The Balaban J connectivity index is 2.52. The van der Waals surface area contributed by atoms with Crippen molar-refractivity contribution in [2.75, 3.05) is 0 Å². The number of carbonyl (C=O) groups excluding carboxylic acids is 1. The summed E-state index contributed by atoms with van der Waals surface area (Å²) in [7, 11) is 1.84. The summed E-state index contributed by atoms with van der Waals surface area (Å²) in [5.41, 5.74) is 2.47. The Kier molecular flexibility index (Phi) is 2.92. The lowest BCUT2D eigenvalue weighted by Gasteiger charge is -2.01. The van der Waals surface area contributed by atoms with E-state index in [1.165, 1.54) is 6.92 Å². The maximum absolute atomic E-state index is 11.2. The van der Waals surface area contributed by atoms with Crippen molar-refractivity contribution in [2.24, 2.45) is 7.05 Å². The second kappa shape index (κ2) is 4.22. The molecule has 0 bridgehead atoms. The lowest BCUT2D eigenvalue weighted by Crippen LogP contribution is -1.96. The number of hydrogen-bond donors (Lipinski definition) is 0. The summed E-state index contributed by atoms with van der Waals surface area (Å²) in [6.45, 7) is 1.52. The van der Waals surface area contributed by atoms with Crippen molar-refractivity contribution in [3.8, 4) is 11.3 Å². The molecule has 0 radical (unpaired) electrons. The molecule has 0 atom stereocenters. The number of aryl methyl sites for hydroxylation is 1. The van der Waals surface area contributed by atoms with Gasteiger partial charge in [0.2, 0.25) is 0 Å². The molecular formula is C12H11BrN2O. The van der Waals surface area contributed by atoms with Crippen molar-refractivity contribution < 1.29 is 4.79 Å². The van der Waals surface area contributed by atoms with E-state index in [1.807, 2.05) is 37.4 Å². The molecule has 0 aliphatic rings. The molecule has 0 aliphatic carbocycles. The van der Waals surface area contributed by atoms with Crippen LogP contribution in [-0.4, -0.2) is 15.6 Å². The minimum Gasteiger partial charge on any atom is -0.293 e. The normalized spacial score (nSPS) is 10.4. The highest BCUT2D eigenvalue weighted by molar-refractivity contribution is 9.10. The summed E-state index contributed by atoms with van der Waals surface area (Å²) < 4.78 is 2.73. The third-order valence-corrected chi connectivity index (χ3v) is 2.85. The number of aromatic nitrogens is 2. The summed E-state index contributed by atoms with van der Waals surface area (Å²) in [6.07, 6.45) is 0. The van der Waals surface area contributed by atoms with E-state index in [4.69, 9.17) is 0 Å². The predicted octanol–water partition coefficient (Wildman–Crippen LogP) is 3.05. The molecule has 0 amide bonds. The largest absolute Gasteiger partial charge is 0.293 e. The zero-order valence-corrected chi connectivity index (χ0v) is 10.7. The average Bonchev–Trinajstić information content (AvgIpc) is 2.60. The van der Waals surface area contributed by atoms with Gasteiger partial charge in [0, 0.05) is 24.0 Å². The lowest BCUT2D eigenvalue weighted by molar-refractivity contribution is 0.101. The van der Waals surface area contributed by atoms with Gasteiger partial charge < -0.3 is 0 Å². The molecular weight excluding hydrogens is 268 g/mol. The standard InChI is InChI=1S/C12H11BrN2O/c1-8(16)11-7-12(15(2)14-11)9-4-3-5-10(13)6-9/h3-7H,1-2H3. The van der Waals surface area contributed by atoms with Gasteiger partial charge in [0.15, 0.2) is 5.78 Å². The second-order valence-electron chi connectivity index (χ2n) is 3.60. The predicted molar refractivity (Wildman–Crippen MR) is 66.3 cm³/mol. The Hall–Kier alpha value is -1.42. The Bertz CT molecular complexity index is 546. The van der Waals surface area contributed by atoms with Gasteiger partial charge in [0.1, 0.15) is 5.69 Å². The first kappa shape index (κ1) is 11.1. The summed E-state index contributed by atoms with van der Waals surface area (Å²) in [5, 5.41) is 4.17. The highest BCUT2D eigenvalue weighted by Crippen LogP contribution is 2.23. The van der Waals surface area contributed by atoms with Gasteiger partial charge in [0.25, 0.3) is 0 Å². The number of nitrogens with zero attached hydrogens (tertiary/aromatic N) is 2. The highest BCUT2D eigenvalue weighted by atomic mass is 79.9. The first-order chi connectivity index (χ1) is 7.58. The molecule has 2 rings (SSSR count). The molecule has 0 spiro atoms. The van der Waals surface area contributed by atoms with E-state index in [1.54, 1.807) is 4.68 Å². The van der Waals surface area contributed by atoms with Crippen LogP contribution in [0.15, 0.2) is 34.8 Å². The van der Waals surface area contributed by atoms with Gasteiger partial charge in [-0.15, -0.1) is 0 Å². The number of benzene rings is 1. The number of Topliss-reactive ketones (excluding diaryl/α,β-unsaturated/α-hetero) is 1. The third kappa shape index (κ3) is 2.07. The van der Waals surface area contributed by atoms with Crippen LogP contribution in [0.3, 0.4) is 0 Å². The zero-order valence-electron chi connectivity index (χ0n) is 9.07. The maximum Gasteiger partial charge on any atom is 0.180 e. The molecule has 0 saturated heterocycles. The van der Waals surface area contributed by atoms with Crippen molar-refractivity contribution in [3.63, 3.8) is 0 Å². The van der Waals surface area contributed by atoms with E-state index in [2.05, 4.69) is 21.0 Å². The number of halogens is 1. The molecule has 0 saturated carbocycles. The number of carbonyl (C=O) groups is 1. The maximum atomic E-state index is 11.2. The number of ketones is 1. The third-order valence-electron chi connectivity index (χ3n) is 2.36. The Morgan fingerprint density at radius 2 is 2.12 bits per heavy atom. The van der Waals surface area contributed by atoms with Crippen LogP contribution >= 0.6 is 15.9 Å². The molecule has 3 nitrogen and oxygen atoms in total. The van der Waals surface area contributed by atoms with Gasteiger partial charge >= 0.3 is 0 Å². The van der Waals surface area contributed by atoms with E-state index in [0.29, 0.717) is 5.69 Å².